The van der Waals surface area contributed by atoms with Gasteiger partial charge in [-0.15, -0.1) is 0 Å². The molecule has 30 heavy (non-hydrogen) atoms. The summed E-state index contributed by atoms with van der Waals surface area (Å²) in [4.78, 5) is 12.0. The summed E-state index contributed by atoms with van der Waals surface area (Å²) in [6.07, 6.45) is -2.56. The van der Waals surface area contributed by atoms with Crippen LogP contribution in [0.1, 0.15) is 38.7 Å². The molecule has 3 N–H and O–H groups in total. The van der Waals surface area contributed by atoms with Crippen LogP contribution >= 0.6 is 0 Å². The Hall–Kier alpha value is -1.65. The first-order chi connectivity index (χ1) is 13.9. The highest BCUT2D eigenvalue weighted by atomic mass is 32.2. The number of hydrogen-bond acceptors (Lipinski definition) is 4. The maximum absolute atomic E-state index is 13.0. The molecule has 10 heteroatoms. The van der Waals surface area contributed by atoms with Gasteiger partial charge in [-0.25, -0.2) is 8.42 Å². The van der Waals surface area contributed by atoms with E-state index in [2.05, 4.69) is 5.32 Å². The van der Waals surface area contributed by atoms with Crippen molar-refractivity contribution in [2.45, 2.75) is 56.3 Å². The average molecular weight is 448 g/mol. The van der Waals surface area contributed by atoms with Crippen LogP contribution in [0.3, 0.4) is 0 Å². The molecular weight excluding hydrogens is 419 g/mol. The molecule has 4 atom stereocenters. The second-order valence-electron chi connectivity index (χ2n) is 8.70. The van der Waals surface area contributed by atoms with Gasteiger partial charge in [-0.3, -0.25) is 4.79 Å². The lowest BCUT2D eigenvalue weighted by Gasteiger charge is -2.24. The van der Waals surface area contributed by atoms with Gasteiger partial charge in [0, 0.05) is 19.1 Å². The van der Waals surface area contributed by atoms with E-state index in [1.165, 1.54) is 10.4 Å². The molecule has 1 saturated heterocycles. The van der Waals surface area contributed by atoms with Gasteiger partial charge in [-0.1, -0.05) is 19.9 Å². The molecule has 0 aromatic heterocycles. The molecule has 0 radical (unpaired) electrons. The number of hydrogen-bond donors (Lipinski definition) is 2. The number of benzene rings is 1. The van der Waals surface area contributed by atoms with E-state index < -0.39 is 27.8 Å². The largest absolute Gasteiger partial charge is 0.416 e. The Labute approximate surface area is 175 Å². The average Bonchev–Trinajstić information content (AvgIpc) is 3.23. The summed E-state index contributed by atoms with van der Waals surface area (Å²) in [5.74, 6) is 0.0353. The van der Waals surface area contributed by atoms with Crippen LogP contribution in [0, 0.1) is 17.8 Å². The molecule has 1 aromatic rings. The van der Waals surface area contributed by atoms with Crippen LogP contribution in [-0.2, 0) is 21.0 Å². The lowest BCUT2D eigenvalue weighted by atomic mass is 9.97. The summed E-state index contributed by atoms with van der Waals surface area (Å²) in [6, 6.07) is 3.02. The van der Waals surface area contributed by atoms with E-state index in [9.17, 15) is 26.4 Å². The normalized spacial score (nSPS) is 26.0. The molecule has 168 valence electrons. The number of fused-ring (bicyclic) bond motifs is 1. The van der Waals surface area contributed by atoms with Gasteiger partial charge in [0.1, 0.15) is 0 Å². The number of sulfonamides is 1. The van der Waals surface area contributed by atoms with E-state index in [0.717, 1.165) is 25.0 Å². The number of nitrogens with two attached hydrogens (primary N) is 1. The van der Waals surface area contributed by atoms with Crippen LogP contribution in [0.2, 0.25) is 0 Å². The van der Waals surface area contributed by atoms with Crippen LogP contribution < -0.4 is 11.1 Å². The molecule has 0 spiro atoms. The molecule has 1 aliphatic heterocycles. The van der Waals surface area contributed by atoms with E-state index in [-0.39, 0.29) is 47.7 Å². The zero-order chi connectivity index (χ0) is 22.3. The van der Waals surface area contributed by atoms with Gasteiger partial charge in [0.05, 0.1) is 16.5 Å². The lowest BCUT2D eigenvalue weighted by Crippen LogP contribution is -2.48. The first kappa shape index (κ1) is 23.0. The molecule has 3 rings (SSSR count). The van der Waals surface area contributed by atoms with E-state index in [0.29, 0.717) is 12.5 Å². The minimum absolute atomic E-state index is 0.0668. The number of nitrogens with one attached hydrogen (secondary N) is 1. The number of halogens is 3. The molecule has 2 unspecified atom stereocenters. The van der Waals surface area contributed by atoms with Gasteiger partial charge in [-0.05, 0) is 55.2 Å². The molecule has 2 aliphatic rings. The monoisotopic (exact) mass is 447 g/mol. The van der Waals surface area contributed by atoms with Crippen molar-refractivity contribution in [1.82, 2.24) is 9.62 Å². The molecule has 1 heterocycles. The highest BCUT2D eigenvalue weighted by Gasteiger charge is 2.47. The minimum Gasteiger partial charge on any atom is -0.352 e. The number of amides is 1. The minimum atomic E-state index is -4.61. The molecule has 1 saturated carbocycles. The Morgan fingerprint density at radius 1 is 1.27 bits per heavy atom. The molecule has 1 amide bonds. The zero-order valence-corrected chi connectivity index (χ0v) is 17.8. The molecule has 0 bridgehead atoms. The van der Waals surface area contributed by atoms with Crippen molar-refractivity contribution in [3.8, 4) is 0 Å². The van der Waals surface area contributed by atoms with Crippen molar-refractivity contribution in [2.24, 2.45) is 23.5 Å². The van der Waals surface area contributed by atoms with E-state index in [1.54, 1.807) is 0 Å². The van der Waals surface area contributed by atoms with Gasteiger partial charge < -0.3 is 11.1 Å². The lowest BCUT2D eigenvalue weighted by molar-refractivity contribution is -0.137. The van der Waals surface area contributed by atoms with Crippen molar-refractivity contribution in [1.29, 1.82) is 0 Å². The quantitative estimate of drug-likeness (QED) is 0.701. The fraction of sp³-hybridized carbons (Fsp3) is 0.650. The number of rotatable bonds is 6. The molecule has 1 aromatic carbocycles. The van der Waals surface area contributed by atoms with Gasteiger partial charge >= 0.3 is 6.18 Å². The molecule has 6 nitrogen and oxygen atoms in total. The maximum Gasteiger partial charge on any atom is 0.416 e. The van der Waals surface area contributed by atoms with E-state index >= 15 is 0 Å². The second-order valence-corrected chi connectivity index (χ2v) is 10.6. The van der Waals surface area contributed by atoms with Gasteiger partial charge in [0.2, 0.25) is 15.9 Å². The SMILES string of the molecule is CC(C)C[C@H](N)C(=O)NC1CC[C@H]2CN(S(=O)(=O)c3cccc(C(F)(F)F)c3)CC12. The fourth-order valence-corrected chi connectivity index (χ4v) is 6.07. The van der Waals surface area contributed by atoms with Gasteiger partial charge in [0.15, 0.2) is 0 Å². The van der Waals surface area contributed by atoms with E-state index in [4.69, 9.17) is 5.73 Å². The Kier molecular flexibility index (Phi) is 6.50. The summed E-state index contributed by atoms with van der Waals surface area (Å²) in [6.45, 7) is 4.37. The Morgan fingerprint density at radius 3 is 2.60 bits per heavy atom. The van der Waals surface area contributed by atoms with Gasteiger partial charge in [0.25, 0.3) is 0 Å². The van der Waals surface area contributed by atoms with Crippen molar-refractivity contribution in [2.75, 3.05) is 13.1 Å². The Morgan fingerprint density at radius 2 is 1.97 bits per heavy atom. The summed E-state index contributed by atoms with van der Waals surface area (Å²) < 4.78 is 66.1. The van der Waals surface area contributed by atoms with Gasteiger partial charge in [-0.2, -0.15) is 17.5 Å². The smallest absolute Gasteiger partial charge is 0.352 e. The highest BCUT2D eigenvalue weighted by molar-refractivity contribution is 7.89. The summed E-state index contributed by atoms with van der Waals surface area (Å²) >= 11 is 0. The van der Waals surface area contributed by atoms with Crippen LogP contribution in [-0.4, -0.2) is 43.8 Å². The third kappa shape index (κ3) is 4.81. The number of alkyl halides is 3. The third-order valence-electron chi connectivity index (χ3n) is 6.01. The summed E-state index contributed by atoms with van der Waals surface area (Å²) in [5.41, 5.74) is 4.95. The number of carbonyl (C=O) groups is 1. The van der Waals surface area contributed by atoms with Crippen molar-refractivity contribution < 1.29 is 26.4 Å². The predicted octanol–water partition coefficient (Wildman–Crippen LogP) is 2.59. The second kappa shape index (κ2) is 8.47. The summed E-state index contributed by atoms with van der Waals surface area (Å²) in [7, 11) is -4.05. The molecule has 2 fully saturated rings. The van der Waals surface area contributed by atoms with E-state index in [1.807, 2.05) is 13.8 Å². The van der Waals surface area contributed by atoms with Crippen molar-refractivity contribution in [3.63, 3.8) is 0 Å². The first-order valence-electron chi connectivity index (χ1n) is 10.1. The summed E-state index contributed by atoms with van der Waals surface area (Å²) in [5, 5.41) is 2.96. The third-order valence-corrected chi connectivity index (χ3v) is 7.84. The Balaban J connectivity index is 1.71. The van der Waals surface area contributed by atoms with Crippen molar-refractivity contribution in [3.05, 3.63) is 29.8 Å². The highest BCUT2D eigenvalue weighted by Crippen LogP contribution is 2.40. The zero-order valence-electron chi connectivity index (χ0n) is 17.0. The van der Waals surface area contributed by atoms with Crippen LogP contribution in [0.15, 0.2) is 29.2 Å². The first-order valence-corrected chi connectivity index (χ1v) is 11.6. The van der Waals surface area contributed by atoms with Crippen LogP contribution in [0.25, 0.3) is 0 Å². The number of carbonyl (C=O) groups excluding carboxylic acids is 1. The molecule has 1 aliphatic carbocycles. The molecular formula is C20H28F3N3O3S. The van der Waals surface area contributed by atoms with Crippen molar-refractivity contribution >= 4 is 15.9 Å². The topological polar surface area (TPSA) is 92.5 Å². The number of nitrogens with zero attached hydrogens (tertiary/aromatic N) is 1. The predicted molar refractivity (Wildman–Crippen MR) is 106 cm³/mol. The van der Waals surface area contributed by atoms with Crippen LogP contribution in [0.4, 0.5) is 13.2 Å². The fourth-order valence-electron chi connectivity index (χ4n) is 4.49. The Bertz CT molecular complexity index is 889. The standard InChI is InChI=1S/C20H28F3N3O3S/c1-12(2)8-17(24)19(27)25-18-7-6-13-10-26(11-16(13)18)30(28,29)15-5-3-4-14(9-15)20(21,22)23/h3-5,9,12-13,16-18H,6-8,10-11,24H2,1-2H3,(H,25,27)/t13-,16?,17-,18?/m0/s1. The van der Waals surface area contributed by atoms with Crippen LogP contribution in [0.5, 0.6) is 0 Å². The maximum atomic E-state index is 13.0.